The molecule has 1 aromatic rings. The van der Waals surface area contributed by atoms with Crippen molar-refractivity contribution in [1.29, 1.82) is 0 Å². The predicted molar refractivity (Wildman–Crippen MR) is 49.3 cm³/mol. The highest BCUT2D eigenvalue weighted by Gasteiger charge is 2.16. The Morgan fingerprint density at radius 2 is 2.00 bits per heavy atom. The molecule has 1 aromatic carbocycles. The maximum atomic E-state index is 9.38. The number of hydrogen-bond donors (Lipinski definition) is 1. The summed E-state index contributed by atoms with van der Waals surface area (Å²) in [6.45, 7) is 1.52. The minimum atomic E-state index is -0.311. The topological polar surface area (TPSA) is 47.9 Å². The highest BCUT2D eigenvalue weighted by Crippen LogP contribution is 2.24. The van der Waals surface area contributed by atoms with Crippen LogP contribution in [0.5, 0.6) is 11.5 Å². The molecule has 1 saturated heterocycles. The second-order valence-corrected chi connectivity index (χ2v) is 2.95. The molecule has 4 heteroatoms. The third-order valence-corrected chi connectivity index (χ3v) is 1.93. The van der Waals surface area contributed by atoms with Crippen molar-refractivity contribution >= 4 is 0 Å². The minimum Gasteiger partial charge on any atom is -0.504 e. The van der Waals surface area contributed by atoms with Gasteiger partial charge in [0.25, 0.3) is 0 Å². The van der Waals surface area contributed by atoms with E-state index >= 15 is 0 Å². The van der Waals surface area contributed by atoms with Gasteiger partial charge in [-0.1, -0.05) is 12.1 Å². The smallest absolute Gasteiger partial charge is 0.191 e. The van der Waals surface area contributed by atoms with Crippen molar-refractivity contribution in [2.75, 3.05) is 19.8 Å². The lowest BCUT2D eigenvalue weighted by Crippen LogP contribution is -2.18. The number of rotatable bonds is 3. The normalized spacial score (nSPS) is 17.1. The number of aromatic hydroxyl groups is 1. The van der Waals surface area contributed by atoms with E-state index < -0.39 is 0 Å². The molecule has 14 heavy (non-hydrogen) atoms. The van der Waals surface area contributed by atoms with E-state index in [0.717, 1.165) is 0 Å². The van der Waals surface area contributed by atoms with Crippen LogP contribution in [0, 0.1) is 0 Å². The summed E-state index contributed by atoms with van der Waals surface area (Å²) in [5.41, 5.74) is 0. The second kappa shape index (κ2) is 4.30. The standard InChI is InChI=1S/C10H12O4/c11-8-3-1-2-4-9(8)14-7-10-12-5-6-13-10/h1-4,10-11H,5-7H2. The lowest BCUT2D eigenvalue weighted by molar-refractivity contribution is -0.0687. The van der Waals surface area contributed by atoms with Crippen molar-refractivity contribution < 1.29 is 19.3 Å². The molecule has 76 valence electrons. The van der Waals surface area contributed by atoms with Crippen LogP contribution in [0.4, 0.5) is 0 Å². The van der Waals surface area contributed by atoms with Gasteiger partial charge in [-0.25, -0.2) is 0 Å². The highest BCUT2D eigenvalue weighted by molar-refractivity contribution is 5.37. The monoisotopic (exact) mass is 196 g/mol. The molecular formula is C10H12O4. The molecule has 1 aliphatic rings. The Hall–Kier alpha value is -1.26. The first kappa shape index (κ1) is 9.30. The van der Waals surface area contributed by atoms with Crippen LogP contribution in [0.15, 0.2) is 24.3 Å². The molecule has 0 radical (unpaired) electrons. The Morgan fingerprint density at radius 3 is 2.71 bits per heavy atom. The number of benzene rings is 1. The van der Waals surface area contributed by atoms with Crippen LogP contribution < -0.4 is 4.74 Å². The second-order valence-electron chi connectivity index (χ2n) is 2.95. The zero-order valence-electron chi connectivity index (χ0n) is 7.68. The molecular weight excluding hydrogens is 184 g/mol. The van der Waals surface area contributed by atoms with E-state index in [1.807, 2.05) is 0 Å². The fourth-order valence-electron chi connectivity index (χ4n) is 1.24. The fraction of sp³-hybridized carbons (Fsp3) is 0.400. The first-order valence-electron chi connectivity index (χ1n) is 4.50. The molecule has 0 bridgehead atoms. The van der Waals surface area contributed by atoms with Gasteiger partial charge in [0.05, 0.1) is 13.2 Å². The molecule has 4 nitrogen and oxygen atoms in total. The van der Waals surface area contributed by atoms with Gasteiger partial charge in [-0.2, -0.15) is 0 Å². The zero-order chi connectivity index (χ0) is 9.80. The van der Waals surface area contributed by atoms with E-state index in [0.29, 0.717) is 25.6 Å². The fourth-order valence-corrected chi connectivity index (χ4v) is 1.24. The van der Waals surface area contributed by atoms with E-state index in [1.54, 1.807) is 24.3 Å². The lowest BCUT2D eigenvalue weighted by Gasteiger charge is -2.11. The molecule has 1 N–H and O–H groups in total. The summed E-state index contributed by atoms with van der Waals surface area (Å²) in [7, 11) is 0. The molecule has 0 spiro atoms. The van der Waals surface area contributed by atoms with Gasteiger partial charge in [0, 0.05) is 0 Å². The molecule has 1 heterocycles. The Balaban J connectivity index is 1.88. The summed E-state index contributed by atoms with van der Waals surface area (Å²) in [5, 5.41) is 9.38. The van der Waals surface area contributed by atoms with Gasteiger partial charge in [-0.3, -0.25) is 0 Å². The Bertz CT molecular complexity index is 294. The molecule has 1 aliphatic heterocycles. The third kappa shape index (κ3) is 2.16. The maximum absolute atomic E-state index is 9.38. The van der Waals surface area contributed by atoms with Gasteiger partial charge in [-0.15, -0.1) is 0 Å². The Kier molecular flexibility index (Phi) is 2.86. The molecule has 0 aromatic heterocycles. The summed E-state index contributed by atoms with van der Waals surface area (Å²) in [6, 6.07) is 6.81. The van der Waals surface area contributed by atoms with E-state index in [1.165, 1.54) is 0 Å². The van der Waals surface area contributed by atoms with Crippen LogP contribution in [0.1, 0.15) is 0 Å². The maximum Gasteiger partial charge on any atom is 0.191 e. The van der Waals surface area contributed by atoms with Crippen molar-refractivity contribution in [2.24, 2.45) is 0 Å². The molecule has 0 saturated carbocycles. The number of para-hydroxylation sites is 2. The summed E-state index contributed by atoms with van der Waals surface area (Å²) in [6.07, 6.45) is -0.311. The van der Waals surface area contributed by atoms with E-state index in [9.17, 15) is 5.11 Å². The zero-order valence-corrected chi connectivity index (χ0v) is 7.68. The Morgan fingerprint density at radius 1 is 1.29 bits per heavy atom. The molecule has 2 rings (SSSR count). The van der Waals surface area contributed by atoms with Gasteiger partial charge in [0.2, 0.25) is 0 Å². The van der Waals surface area contributed by atoms with E-state index in [-0.39, 0.29) is 12.0 Å². The average Bonchev–Trinajstić information content (AvgIpc) is 2.69. The molecule has 0 amide bonds. The molecule has 0 aliphatic carbocycles. The summed E-state index contributed by atoms with van der Waals surface area (Å²) >= 11 is 0. The van der Waals surface area contributed by atoms with Gasteiger partial charge in [0.1, 0.15) is 6.61 Å². The van der Waals surface area contributed by atoms with Crippen LogP contribution >= 0.6 is 0 Å². The molecule has 1 fully saturated rings. The van der Waals surface area contributed by atoms with Crippen molar-refractivity contribution in [3.8, 4) is 11.5 Å². The number of phenolic OH excluding ortho intramolecular Hbond substituents is 1. The van der Waals surface area contributed by atoms with Gasteiger partial charge >= 0.3 is 0 Å². The lowest BCUT2D eigenvalue weighted by atomic mass is 10.3. The van der Waals surface area contributed by atoms with Crippen LogP contribution in [0.3, 0.4) is 0 Å². The van der Waals surface area contributed by atoms with Crippen LogP contribution in [0.2, 0.25) is 0 Å². The minimum absolute atomic E-state index is 0.130. The summed E-state index contributed by atoms with van der Waals surface area (Å²) < 4.78 is 15.7. The molecule has 0 atom stereocenters. The van der Waals surface area contributed by atoms with Crippen molar-refractivity contribution in [1.82, 2.24) is 0 Å². The largest absolute Gasteiger partial charge is 0.504 e. The highest BCUT2D eigenvalue weighted by atomic mass is 16.7. The quantitative estimate of drug-likeness (QED) is 0.787. The van der Waals surface area contributed by atoms with E-state index in [4.69, 9.17) is 14.2 Å². The Labute approximate surface area is 82.0 Å². The SMILES string of the molecule is Oc1ccccc1OCC1OCCO1. The number of phenols is 1. The van der Waals surface area contributed by atoms with Gasteiger partial charge in [0.15, 0.2) is 17.8 Å². The predicted octanol–water partition coefficient (Wildman–Crippen LogP) is 1.14. The van der Waals surface area contributed by atoms with E-state index in [2.05, 4.69) is 0 Å². The summed E-state index contributed by atoms with van der Waals surface area (Å²) in [4.78, 5) is 0. The van der Waals surface area contributed by atoms with Gasteiger partial charge in [-0.05, 0) is 12.1 Å². The molecule has 0 unspecified atom stereocenters. The van der Waals surface area contributed by atoms with Crippen LogP contribution in [-0.4, -0.2) is 31.2 Å². The van der Waals surface area contributed by atoms with Crippen LogP contribution in [-0.2, 0) is 9.47 Å². The average molecular weight is 196 g/mol. The number of ether oxygens (including phenoxy) is 3. The number of hydrogen-bond acceptors (Lipinski definition) is 4. The first-order valence-corrected chi connectivity index (χ1v) is 4.50. The van der Waals surface area contributed by atoms with Gasteiger partial charge < -0.3 is 19.3 Å². The first-order chi connectivity index (χ1) is 6.86. The summed E-state index contributed by atoms with van der Waals surface area (Å²) in [5.74, 6) is 0.581. The van der Waals surface area contributed by atoms with Crippen molar-refractivity contribution in [2.45, 2.75) is 6.29 Å². The van der Waals surface area contributed by atoms with Crippen molar-refractivity contribution in [3.63, 3.8) is 0 Å². The third-order valence-electron chi connectivity index (χ3n) is 1.93. The van der Waals surface area contributed by atoms with Crippen molar-refractivity contribution in [3.05, 3.63) is 24.3 Å². The van der Waals surface area contributed by atoms with Crippen LogP contribution in [0.25, 0.3) is 0 Å².